The molecule has 0 atom stereocenters. The summed E-state index contributed by atoms with van der Waals surface area (Å²) in [5.41, 5.74) is 0.143. The molecule has 0 aromatic heterocycles. The molecule has 0 bridgehead atoms. The van der Waals surface area contributed by atoms with Crippen molar-refractivity contribution in [3.05, 3.63) is 27.2 Å². The second kappa shape index (κ2) is 5.70. The molecule has 1 heterocycles. The summed E-state index contributed by atoms with van der Waals surface area (Å²) < 4.78 is 26.7. The van der Waals surface area contributed by atoms with Crippen LogP contribution in [0.1, 0.15) is 30.9 Å². The van der Waals surface area contributed by atoms with E-state index in [1.807, 2.05) is 6.92 Å². The molecule has 0 spiro atoms. The molecular weight excluding hydrogens is 333 g/mol. The summed E-state index contributed by atoms with van der Waals surface area (Å²) in [5.74, 6) is 0. The summed E-state index contributed by atoms with van der Waals surface area (Å²) in [6.07, 6.45) is 1.39. The highest BCUT2D eigenvalue weighted by Crippen LogP contribution is 2.38. The summed E-state index contributed by atoms with van der Waals surface area (Å²) in [6, 6.07) is 1.65. The molecule has 1 fully saturated rings. The zero-order valence-corrected chi connectivity index (χ0v) is 14.6. The summed E-state index contributed by atoms with van der Waals surface area (Å²) in [5, 5.41) is 10.7. The molecule has 1 aromatic rings. The molecule has 0 radical (unpaired) electrons. The largest absolute Gasteiger partial charge is 0.387 e. The third-order valence-electron chi connectivity index (χ3n) is 3.84. The predicted molar refractivity (Wildman–Crippen MR) is 84.6 cm³/mol. The fourth-order valence-corrected chi connectivity index (χ4v) is 5.42. The van der Waals surface area contributed by atoms with Gasteiger partial charge in [-0.15, -0.1) is 0 Å². The Balaban J connectivity index is 2.39. The van der Waals surface area contributed by atoms with E-state index in [2.05, 4.69) is 0 Å². The van der Waals surface area contributed by atoms with E-state index >= 15 is 0 Å². The topological polar surface area (TPSA) is 57.6 Å². The molecule has 118 valence electrons. The SMILES string of the molecule is CCCC1(O)CN(S(=O)(=O)c2c(C)c(Cl)cc(C)c2Cl)C1. The van der Waals surface area contributed by atoms with E-state index in [9.17, 15) is 13.5 Å². The van der Waals surface area contributed by atoms with Crippen LogP contribution in [0.5, 0.6) is 0 Å². The standard InChI is InChI=1S/C14H19Cl2NO3S/c1-4-5-14(18)7-17(8-14)21(19,20)13-10(3)11(15)6-9(2)12(13)16/h6,18H,4-5,7-8H2,1-3H3. The van der Waals surface area contributed by atoms with Gasteiger partial charge in [0.15, 0.2) is 0 Å². The maximum atomic E-state index is 12.7. The Kier molecular flexibility index (Phi) is 4.63. The Bertz CT molecular complexity index is 641. The van der Waals surface area contributed by atoms with Crippen LogP contribution in [-0.4, -0.2) is 36.5 Å². The van der Waals surface area contributed by atoms with Gasteiger partial charge in [-0.3, -0.25) is 0 Å². The monoisotopic (exact) mass is 351 g/mol. The fraction of sp³-hybridized carbons (Fsp3) is 0.571. The van der Waals surface area contributed by atoms with Crippen LogP contribution in [0.15, 0.2) is 11.0 Å². The molecule has 4 nitrogen and oxygen atoms in total. The quantitative estimate of drug-likeness (QED) is 0.906. The van der Waals surface area contributed by atoms with Gasteiger partial charge in [0.25, 0.3) is 0 Å². The molecule has 1 aliphatic rings. The van der Waals surface area contributed by atoms with E-state index in [-0.39, 0.29) is 23.0 Å². The average Bonchev–Trinajstić information content (AvgIpc) is 2.33. The minimum absolute atomic E-state index is 0.0488. The van der Waals surface area contributed by atoms with Crippen LogP contribution in [0.4, 0.5) is 0 Å². The maximum Gasteiger partial charge on any atom is 0.245 e. The molecule has 0 saturated carbocycles. The minimum Gasteiger partial charge on any atom is -0.387 e. The Hall–Kier alpha value is -0.330. The van der Waals surface area contributed by atoms with Gasteiger partial charge in [0.2, 0.25) is 10.0 Å². The van der Waals surface area contributed by atoms with Crippen LogP contribution in [0.3, 0.4) is 0 Å². The maximum absolute atomic E-state index is 12.7. The number of hydrogen-bond acceptors (Lipinski definition) is 3. The highest BCUT2D eigenvalue weighted by atomic mass is 35.5. The molecular formula is C14H19Cl2NO3S. The molecule has 0 amide bonds. The van der Waals surface area contributed by atoms with Gasteiger partial charge < -0.3 is 5.11 Å². The van der Waals surface area contributed by atoms with Crippen molar-refractivity contribution in [2.24, 2.45) is 0 Å². The number of β-amino-alcohol motifs (C(OH)–C–C–N with tert-alkyl or cyclic N) is 1. The first-order valence-electron chi connectivity index (χ1n) is 6.80. The van der Waals surface area contributed by atoms with Crippen LogP contribution >= 0.6 is 23.2 Å². The number of sulfonamides is 1. The van der Waals surface area contributed by atoms with Crippen LogP contribution in [0.25, 0.3) is 0 Å². The van der Waals surface area contributed by atoms with Gasteiger partial charge in [-0.1, -0.05) is 36.5 Å². The second-order valence-electron chi connectivity index (χ2n) is 5.69. The lowest BCUT2D eigenvalue weighted by Gasteiger charge is -2.45. The zero-order valence-electron chi connectivity index (χ0n) is 12.3. The van der Waals surface area contributed by atoms with Gasteiger partial charge in [0.05, 0.1) is 10.6 Å². The van der Waals surface area contributed by atoms with Crippen molar-refractivity contribution in [3.8, 4) is 0 Å². The van der Waals surface area contributed by atoms with Crippen LogP contribution in [0, 0.1) is 13.8 Å². The number of nitrogens with zero attached hydrogens (tertiary/aromatic N) is 1. The zero-order chi connectivity index (χ0) is 16.0. The van der Waals surface area contributed by atoms with Gasteiger partial charge in [0, 0.05) is 18.1 Å². The Morgan fingerprint density at radius 2 is 1.90 bits per heavy atom. The van der Waals surface area contributed by atoms with E-state index < -0.39 is 15.6 Å². The number of benzene rings is 1. The molecule has 1 aromatic carbocycles. The Morgan fingerprint density at radius 1 is 1.33 bits per heavy atom. The number of aliphatic hydroxyl groups is 1. The third kappa shape index (κ3) is 2.94. The molecule has 1 N–H and O–H groups in total. The molecule has 0 unspecified atom stereocenters. The van der Waals surface area contributed by atoms with Crippen LogP contribution in [0.2, 0.25) is 10.0 Å². The fourth-order valence-electron chi connectivity index (χ4n) is 2.65. The number of rotatable bonds is 4. The number of hydrogen-bond donors (Lipinski definition) is 1. The van der Waals surface area contributed by atoms with E-state index in [1.165, 1.54) is 4.31 Å². The molecule has 1 saturated heterocycles. The Morgan fingerprint density at radius 3 is 2.43 bits per heavy atom. The minimum atomic E-state index is -3.74. The lowest BCUT2D eigenvalue weighted by atomic mass is 9.92. The van der Waals surface area contributed by atoms with Crippen molar-refractivity contribution < 1.29 is 13.5 Å². The van der Waals surface area contributed by atoms with Crippen molar-refractivity contribution in [1.29, 1.82) is 0 Å². The second-order valence-corrected chi connectivity index (χ2v) is 8.35. The highest BCUT2D eigenvalue weighted by molar-refractivity contribution is 7.89. The average molecular weight is 352 g/mol. The number of aryl methyl sites for hydroxylation is 1. The first-order valence-corrected chi connectivity index (χ1v) is 9.00. The lowest BCUT2D eigenvalue weighted by molar-refractivity contribution is -0.0653. The van der Waals surface area contributed by atoms with Gasteiger partial charge in [-0.2, -0.15) is 4.31 Å². The van der Waals surface area contributed by atoms with Gasteiger partial charge in [-0.05, 0) is 37.5 Å². The molecule has 21 heavy (non-hydrogen) atoms. The van der Waals surface area contributed by atoms with Crippen molar-refractivity contribution in [2.75, 3.05) is 13.1 Å². The predicted octanol–water partition coefficient (Wildman–Crippen LogP) is 3.15. The third-order valence-corrected chi connectivity index (χ3v) is 6.80. The first kappa shape index (κ1) is 17.0. The lowest BCUT2D eigenvalue weighted by Crippen LogP contribution is -2.63. The summed E-state index contributed by atoms with van der Waals surface area (Å²) in [7, 11) is -3.74. The van der Waals surface area contributed by atoms with E-state index in [4.69, 9.17) is 23.2 Å². The van der Waals surface area contributed by atoms with E-state index in [0.717, 1.165) is 6.42 Å². The van der Waals surface area contributed by atoms with Crippen molar-refractivity contribution in [3.63, 3.8) is 0 Å². The van der Waals surface area contributed by atoms with Gasteiger partial charge >= 0.3 is 0 Å². The molecule has 1 aliphatic heterocycles. The first-order chi connectivity index (χ1) is 9.62. The van der Waals surface area contributed by atoms with E-state index in [1.54, 1.807) is 19.9 Å². The highest BCUT2D eigenvalue weighted by Gasteiger charge is 2.47. The van der Waals surface area contributed by atoms with Gasteiger partial charge in [0.1, 0.15) is 4.90 Å². The smallest absolute Gasteiger partial charge is 0.245 e. The molecule has 0 aliphatic carbocycles. The van der Waals surface area contributed by atoms with Crippen LogP contribution in [-0.2, 0) is 10.0 Å². The van der Waals surface area contributed by atoms with Crippen molar-refractivity contribution in [2.45, 2.75) is 44.1 Å². The normalized spacial score (nSPS) is 18.6. The Labute approximate surface area is 135 Å². The number of halogens is 2. The van der Waals surface area contributed by atoms with Crippen molar-refractivity contribution >= 4 is 33.2 Å². The molecule has 7 heteroatoms. The van der Waals surface area contributed by atoms with Crippen LogP contribution < -0.4 is 0 Å². The molecule has 2 rings (SSSR count). The summed E-state index contributed by atoms with van der Waals surface area (Å²) >= 11 is 12.3. The summed E-state index contributed by atoms with van der Waals surface area (Å²) in [4.78, 5) is 0.0488. The van der Waals surface area contributed by atoms with E-state index in [0.29, 0.717) is 22.6 Å². The summed E-state index contributed by atoms with van der Waals surface area (Å²) in [6.45, 7) is 5.51. The van der Waals surface area contributed by atoms with Crippen molar-refractivity contribution in [1.82, 2.24) is 4.31 Å². The van der Waals surface area contributed by atoms with Gasteiger partial charge in [-0.25, -0.2) is 8.42 Å².